The lowest BCUT2D eigenvalue weighted by atomic mass is 10.2. The molecule has 0 saturated heterocycles. The summed E-state index contributed by atoms with van der Waals surface area (Å²) in [4.78, 5) is 10.2. The lowest BCUT2D eigenvalue weighted by molar-refractivity contribution is -0.384. The highest BCUT2D eigenvalue weighted by Gasteiger charge is 2.17. The maximum Gasteiger partial charge on any atom is 0.330 e. The molecule has 3 N–H and O–H groups in total. The summed E-state index contributed by atoms with van der Waals surface area (Å²) in [6.45, 7) is 0.179. The van der Waals surface area contributed by atoms with Crippen LogP contribution in [-0.2, 0) is 7.05 Å². The molecule has 17 heavy (non-hydrogen) atoms. The van der Waals surface area contributed by atoms with Gasteiger partial charge in [0.15, 0.2) is 0 Å². The highest BCUT2D eigenvalue weighted by Crippen LogP contribution is 2.21. The Bertz CT molecular complexity index is 379. The SMILES string of the molecule is Cn1cc([N+](=O)[O-])c(NCCC[C@H](O)CO)n1. The minimum atomic E-state index is -0.740. The van der Waals surface area contributed by atoms with Gasteiger partial charge >= 0.3 is 5.69 Å². The molecule has 0 fully saturated rings. The standard InChI is InChI=1S/C9H16N4O4/c1-12-5-8(13(16)17)9(11-12)10-4-2-3-7(15)6-14/h5,7,14-15H,2-4,6H2,1H3,(H,10,11)/t7-/m0/s1. The Hall–Kier alpha value is -1.67. The summed E-state index contributed by atoms with van der Waals surface area (Å²) in [6, 6.07) is 0. The van der Waals surface area contributed by atoms with Gasteiger partial charge in [-0.2, -0.15) is 0 Å². The molecule has 0 aliphatic rings. The number of aliphatic hydroxyl groups is 2. The first-order valence-electron chi connectivity index (χ1n) is 5.25. The van der Waals surface area contributed by atoms with E-state index in [2.05, 4.69) is 10.4 Å². The van der Waals surface area contributed by atoms with Crippen LogP contribution in [0.15, 0.2) is 6.20 Å². The molecular formula is C9H16N4O4. The molecule has 0 spiro atoms. The van der Waals surface area contributed by atoms with Crippen molar-refractivity contribution in [3.63, 3.8) is 0 Å². The first-order chi connectivity index (χ1) is 8.04. The fourth-order valence-electron chi connectivity index (χ4n) is 1.37. The van der Waals surface area contributed by atoms with E-state index in [4.69, 9.17) is 10.2 Å². The van der Waals surface area contributed by atoms with Gasteiger partial charge in [-0.1, -0.05) is 0 Å². The smallest absolute Gasteiger partial charge is 0.330 e. The van der Waals surface area contributed by atoms with Crippen LogP contribution in [0.5, 0.6) is 0 Å². The van der Waals surface area contributed by atoms with E-state index >= 15 is 0 Å². The molecule has 96 valence electrons. The summed E-state index contributed by atoms with van der Waals surface area (Å²) in [5, 5.41) is 35.1. The van der Waals surface area contributed by atoms with Crippen molar-refractivity contribution < 1.29 is 15.1 Å². The Labute approximate surface area is 98.0 Å². The van der Waals surface area contributed by atoms with Crippen molar-refractivity contribution in [1.29, 1.82) is 0 Å². The van der Waals surface area contributed by atoms with Gasteiger partial charge in [0.1, 0.15) is 6.20 Å². The summed E-state index contributed by atoms with van der Waals surface area (Å²) in [5.41, 5.74) is -0.0739. The molecule has 0 aromatic carbocycles. The Morgan fingerprint density at radius 1 is 1.71 bits per heavy atom. The Kier molecular flexibility index (Phi) is 4.85. The molecule has 1 aromatic heterocycles. The zero-order valence-electron chi connectivity index (χ0n) is 9.54. The average molecular weight is 244 g/mol. The monoisotopic (exact) mass is 244 g/mol. The molecule has 0 saturated carbocycles. The fraction of sp³-hybridized carbons (Fsp3) is 0.667. The number of nitrogens with zero attached hydrogens (tertiary/aromatic N) is 3. The number of hydrogen-bond acceptors (Lipinski definition) is 6. The lowest BCUT2D eigenvalue weighted by Crippen LogP contribution is -2.14. The third-order valence-electron chi connectivity index (χ3n) is 2.22. The third-order valence-corrected chi connectivity index (χ3v) is 2.22. The fourth-order valence-corrected chi connectivity index (χ4v) is 1.37. The van der Waals surface area contributed by atoms with E-state index in [0.29, 0.717) is 19.4 Å². The van der Waals surface area contributed by atoms with Crippen LogP contribution in [0.1, 0.15) is 12.8 Å². The number of aliphatic hydroxyl groups excluding tert-OH is 2. The number of nitrogens with one attached hydrogen (secondary N) is 1. The molecule has 0 bridgehead atoms. The molecule has 1 heterocycles. The van der Waals surface area contributed by atoms with Crippen LogP contribution in [0.4, 0.5) is 11.5 Å². The van der Waals surface area contributed by atoms with Crippen molar-refractivity contribution in [3.8, 4) is 0 Å². The molecular weight excluding hydrogens is 228 g/mol. The van der Waals surface area contributed by atoms with Gasteiger partial charge < -0.3 is 15.5 Å². The maximum absolute atomic E-state index is 10.7. The highest BCUT2D eigenvalue weighted by molar-refractivity contribution is 5.54. The van der Waals surface area contributed by atoms with Crippen LogP contribution >= 0.6 is 0 Å². The second-order valence-corrected chi connectivity index (χ2v) is 3.70. The Morgan fingerprint density at radius 3 is 3.00 bits per heavy atom. The Morgan fingerprint density at radius 2 is 2.41 bits per heavy atom. The number of aromatic nitrogens is 2. The van der Waals surface area contributed by atoms with Crippen LogP contribution in [0, 0.1) is 10.1 Å². The summed E-state index contributed by atoms with van der Waals surface area (Å²) >= 11 is 0. The topological polar surface area (TPSA) is 113 Å². The number of hydrogen-bond donors (Lipinski definition) is 3. The molecule has 0 aliphatic carbocycles. The molecule has 1 aromatic rings. The van der Waals surface area contributed by atoms with Crippen molar-refractivity contribution >= 4 is 11.5 Å². The van der Waals surface area contributed by atoms with Crippen molar-refractivity contribution in [2.24, 2.45) is 7.05 Å². The minimum Gasteiger partial charge on any atom is -0.394 e. The van der Waals surface area contributed by atoms with Gasteiger partial charge in [0, 0.05) is 13.6 Å². The first-order valence-corrected chi connectivity index (χ1v) is 5.25. The van der Waals surface area contributed by atoms with Gasteiger partial charge in [-0.05, 0) is 12.8 Å². The number of rotatable bonds is 7. The molecule has 0 aliphatic heterocycles. The van der Waals surface area contributed by atoms with Crippen molar-refractivity contribution in [2.45, 2.75) is 18.9 Å². The van der Waals surface area contributed by atoms with Gasteiger partial charge in [-0.15, -0.1) is 5.10 Å². The van der Waals surface area contributed by atoms with E-state index in [1.54, 1.807) is 7.05 Å². The third kappa shape index (κ3) is 4.00. The predicted octanol–water partition coefficient (Wildman–Crippen LogP) is -0.126. The van der Waals surface area contributed by atoms with E-state index in [1.165, 1.54) is 10.9 Å². The summed E-state index contributed by atoms with van der Waals surface area (Å²) in [6.07, 6.45) is 1.61. The Balaban J connectivity index is 2.43. The van der Waals surface area contributed by atoms with Gasteiger partial charge in [-0.25, -0.2) is 0 Å². The number of aryl methyl sites for hydroxylation is 1. The number of nitro groups is 1. The zero-order valence-corrected chi connectivity index (χ0v) is 9.54. The summed E-state index contributed by atoms with van der Waals surface area (Å²) in [5.74, 6) is 0.219. The van der Waals surface area contributed by atoms with Crippen molar-refractivity contribution in [1.82, 2.24) is 9.78 Å². The molecule has 1 rings (SSSR count). The van der Waals surface area contributed by atoms with Crippen LogP contribution in [-0.4, -0.2) is 44.2 Å². The van der Waals surface area contributed by atoms with Crippen LogP contribution < -0.4 is 5.32 Å². The number of anilines is 1. The van der Waals surface area contributed by atoms with Gasteiger partial charge in [0.05, 0.1) is 17.6 Å². The van der Waals surface area contributed by atoms with E-state index in [-0.39, 0.29) is 18.1 Å². The quantitative estimate of drug-likeness (QED) is 0.350. The molecule has 0 unspecified atom stereocenters. The molecule has 0 amide bonds. The minimum absolute atomic E-state index is 0.0739. The molecule has 8 heteroatoms. The van der Waals surface area contributed by atoms with E-state index in [1.807, 2.05) is 0 Å². The zero-order chi connectivity index (χ0) is 12.8. The highest BCUT2D eigenvalue weighted by atomic mass is 16.6. The summed E-state index contributed by atoms with van der Waals surface area (Å²) < 4.78 is 1.36. The van der Waals surface area contributed by atoms with Crippen molar-refractivity contribution in [2.75, 3.05) is 18.5 Å². The summed E-state index contributed by atoms with van der Waals surface area (Å²) in [7, 11) is 1.60. The van der Waals surface area contributed by atoms with Crippen molar-refractivity contribution in [3.05, 3.63) is 16.3 Å². The molecule has 0 radical (unpaired) electrons. The first kappa shape index (κ1) is 13.4. The van der Waals surface area contributed by atoms with Crippen LogP contribution in [0.2, 0.25) is 0 Å². The normalized spacial score (nSPS) is 12.4. The lowest BCUT2D eigenvalue weighted by Gasteiger charge is -2.06. The van der Waals surface area contributed by atoms with Gasteiger partial charge in [0.2, 0.25) is 5.82 Å². The van der Waals surface area contributed by atoms with E-state index in [0.717, 1.165) is 0 Å². The maximum atomic E-state index is 10.7. The predicted molar refractivity (Wildman–Crippen MR) is 60.7 cm³/mol. The van der Waals surface area contributed by atoms with Crippen LogP contribution in [0.25, 0.3) is 0 Å². The van der Waals surface area contributed by atoms with Crippen LogP contribution in [0.3, 0.4) is 0 Å². The van der Waals surface area contributed by atoms with E-state index < -0.39 is 11.0 Å². The van der Waals surface area contributed by atoms with Gasteiger partial charge in [0.25, 0.3) is 0 Å². The average Bonchev–Trinajstić information content (AvgIpc) is 2.65. The largest absolute Gasteiger partial charge is 0.394 e. The van der Waals surface area contributed by atoms with E-state index in [9.17, 15) is 10.1 Å². The van der Waals surface area contributed by atoms with Gasteiger partial charge in [-0.3, -0.25) is 14.8 Å². The second kappa shape index (κ2) is 6.16. The molecule has 1 atom stereocenters. The second-order valence-electron chi connectivity index (χ2n) is 3.70. The molecule has 8 nitrogen and oxygen atoms in total.